The summed E-state index contributed by atoms with van der Waals surface area (Å²) in [4.78, 5) is 13.1. The van der Waals surface area contributed by atoms with E-state index in [0.717, 1.165) is 5.56 Å². The second-order valence-electron chi connectivity index (χ2n) is 6.73. The fourth-order valence-electron chi connectivity index (χ4n) is 3.05. The number of anilines is 1. The first-order valence-corrected chi connectivity index (χ1v) is 9.20. The molecule has 0 radical (unpaired) electrons. The lowest BCUT2D eigenvalue weighted by atomic mass is 9.92. The van der Waals surface area contributed by atoms with Crippen molar-refractivity contribution >= 4 is 17.5 Å². The van der Waals surface area contributed by atoms with Gasteiger partial charge in [-0.25, -0.2) is 0 Å². The van der Waals surface area contributed by atoms with Crippen molar-refractivity contribution in [3.8, 4) is 23.0 Å². The predicted molar refractivity (Wildman–Crippen MR) is 108 cm³/mol. The standard InChI is InChI=1S/C22H25NO5/c1-5-26-18-7-6-15(11-17(18)23)21(24)16(13(2)3)8-14-9-19(25-4)22-20(10-14)27-12-28-22/h6-11,13H,5,12,23H2,1-4H3. The van der Waals surface area contributed by atoms with Crippen molar-refractivity contribution in [2.24, 2.45) is 5.92 Å². The Balaban J connectivity index is 1.98. The van der Waals surface area contributed by atoms with Crippen LogP contribution in [0.15, 0.2) is 35.9 Å². The van der Waals surface area contributed by atoms with E-state index in [9.17, 15) is 4.79 Å². The molecule has 0 atom stereocenters. The summed E-state index contributed by atoms with van der Waals surface area (Å²) in [5, 5.41) is 0. The van der Waals surface area contributed by atoms with Gasteiger partial charge in [-0.3, -0.25) is 4.79 Å². The number of Topliss-reactive ketones (excluding diaryl/α,β-unsaturated/α-hetero) is 1. The van der Waals surface area contributed by atoms with Crippen molar-refractivity contribution in [2.45, 2.75) is 20.8 Å². The monoisotopic (exact) mass is 383 g/mol. The number of nitrogen functional groups attached to an aromatic ring is 1. The van der Waals surface area contributed by atoms with E-state index in [1.807, 2.05) is 39.0 Å². The first-order valence-electron chi connectivity index (χ1n) is 9.20. The van der Waals surface area contributed by atoms with Gasteiger partial charge in [0.2, 0.25) is 12.5 Å². The Morgan fingerprint density at radius 3 is 2.64 bits per heavy atom. The van der Waals surface area contributed by atoms with E-state index in [-0.39, 0.29) is 18.5 Å². The van der Waals surface area contributed by atoms with Crippen molar-refractivity contribution in [2.75, 3.05) is 26.2 Å². The van der Waals surface area contributed by atoms with Crippen LogP contribution in [0, 0.1) is 5.92 Å². The quantitative estimate of drug-likeness (QED) is 0.436. The highest BCUT2D eigenvalue weighted by atomic mass is 16.7. The largest absolute Gasteiger partial charge is 0.493 e. The molecule has 0 unspecified atom stereocenters. The molecule has 2 aromatic rings. The van der Waals surface area contributed by atoms with E-state index >= 15 is 0 Å². The van der Waals surface area contributed by atoms with E-state index in [4.69, 9.17) is 24.7 Å². The Labute approximate surface area is 164 Å². The summed E-state index contributed by atoms with van der Waals surface area (Å²) < 4.78 is 21.7. The van der Waals surface area contributed by atoms with Crippen molar-refractivity contribution in [1.82, 2.24) is 0 Å². The van der Waals surface area contributed by atoms with Gasteiger partial charge in [-0.1, -0.05) is 13.8 Å². The van der Waals surface area contributed by atoms with E-state index in [1.165, 1.54) is 0 Å². The van der Waals surface area contributed by atoms with Crippen LogP contribution in [0.25, 0.3) is 6.08 Å². The summed E-state index contributed by atoms with van der Waals surface area (Å²) >= 11 is 0. The van der Waals surface area contributed by atoms with E-state index in [1.54, 1.807) is 25.3 Å². The van der Waals surface area contributed by atoms with Gasteiger partial charge in [0.05, 0.1) is 19.4 Å². The smallest absolute Gasteiger partial charge is 0.231 e. The number of ketones is 1. The number of carbonyl (C=O) groups excluding carboxylic acids is 1. The Kier molecular flexibility index (Phi) is 5.78. The molecule has 1 aliphatic rings. The summed E-state index contributed by atoms with van der Waals surface area (Å²) in [6, 6.07) is 8.79. The van der Waals surface area contributed by atoms with Gasteiger partial charge >= 0.3 is 0 Å². The Morgan fingerprint density at radius 2 is 2.00 bits per heavy atom. The van der Waals surface area contributed by atoms with Gasteiger partial charge in [0.15, 0.2) is 17.3 Å². The zero-order chi connectivity index (χ0) is 20.3. The fraction of sp³-hybridized carbons (Fsp3) is 0.318. The van der Waals surface area contributed by atoms with Crippen LogP contribution in [0.3, 0.4) is 0 Å². The molecule has 0 bridgehead atoms. The van der Waals surface area contributed by atoms with Gasteiger partial charge in [0.25, 0.3) is 0 Å². The second kappa shape index (κ2) is 8.25. The summed E-state index contributed by atoms with van der Waals surface area (Å²) in [6.07, 6.45) is 1.85. The van der Waals surface area contributed by atoms with Crippen LogP contribution in [0.5, 0.6) is 23.0 Å². The molecule has 2 aromatic carbocycles. The number of hydrogen-bond acceptors (Lipinski definition) is 6. The molecular weight excluding hydrogens is 358 g/mol. The average molecular weight is 383 g/mol. The maximum Gasteiger partial charge on any atom is 0.231 e. The number of ether oxygens (including phenoxy) is 4. The van der Waals surface area contributed by atoms with Crippen molar-refractivity contribution in [3.63, 3.8) is 0 Å². The Morgan fingerprint density at radius 1 is 1.21 bits per heavy atom. The zero-order valence-corrected chi connectivity index (χ0v) is 16.6. The number of carbonyl (C=O) groups is 1. The molecule has 0 spiro atoms. The normalized spacial score (nSPS) is 13.0. The molecule has 3 rings (SSSR count). The van der Waals surface area contributed by atoms with Crippen LogP contribution in [-0.2, 0) is 0 Å². The van der Waals surface area contributed by atoms with E-state index < -0.39 is 0 Å². The highest BCUT2D eigenvalue weighted by Gasteiger charge is 2.21. The first-order chi connectivity index (χ1) is 13.4. The molecule has 0 aromatic heterocycles. The van der Waals surface area contributed by atoms with Crippen molar-refractivity contribution < 1.29 is 23.7 Å². The summed E-state index contributed by atoms with van der Waals surface area (Å²) in [7, 11) is 1.57. The number of hydrogen-bond donors (Lipinski definition) is 1. The summed E-state index contributed by atoms with van der Waals surface area (Å²) in [5.41, 5.74) is 8.46. The SMILES string of the molecule is CCOc1ccc(C(=O)C(=Cc2cc(OC)c3c(c2)OCO3)C(C)C)cc1N. The highest BCUT2D eigenvalue weighted by Crippen LogP contribution is 2.42. The van der Waals surface area contributed by atoms with Gasteiger partial charge in [-0.05, 0) is 54.8 Å². The van der Waals surface area contributed by atoms with Crippen LogP contribution in [0.1, 0.15) is 36.7 Å². The minimum absolute atomic E-state index is 0.0108. The van der Waals surface area contributed by atoms with Crippen LogP contribution < -0.4 is 24.7 Å². The molecule has 1 aliphatic heterocycles. The fourth-order valence-corrected chi connectivity index (χ4v) is 3.05. The van der Waals surface area contributed by atoms with Crippen LogP contribution in [-0.4, -0.2) is 26.3 Å². The molecule has 0 saturated heterocycles. The molecule has 6 nitrogen and oxygen atoms in total. The van der Waals surface area contributed by atoms with Crippen LogP contribution in [0.4, 0.5) is 5.69 Å². The molecule has 2 N–H and O–H groups in total. The maximum absolute atomic E-state index is 13.1. The number of methoxy groups -OCH3 is 1. The van der Waals surface area contributed by atoms with E-state index in [0.29, 0.717) is 46.4 Å². The summed E-state index contributed by atoms with van der Waals surface area (Å²) in [5.74, 6) is 2.26. The Hall–Kier alpha value is -3.15. The molecule has 6 heteroatoms. The van der Waals surface area contributed by atoms with Crippen LogP contribution >= 0.6 is 0 Å². The number of nitrogens with two attached hydrogens (primary N) is 1. The molecule has 1 heterocycles. The predicted octanol–water partition coefficient (Wildman–Crippen LogP) is 4.33. The van der Waals surface area contributed by atoms with Crippen molar-refractivity contribution in [1.29, 1.82) is 0 Å². The average Bonchev–Trinajstić information content (AvgIpc) is 3.15. The topological polar surface area (TPSA) is 80.0 Å². The molecule has 148 valence electrons. The lowest BCUT2D eigenvalue weighted by molar-refractivity contribution is 0.102. The highest BCUT2D eigenvalue weighted by molar-refractivity contribution is 6.12. The van der Waals surface area contributed by atoms with Crippen molar-refractivity contribution in [3.05, 3.63) is 47.0 Å². The number of fused-ring (bicyclic) bond motifs is 1. The lowest BCUT2D eigenvalue weighted by Gasteiger charge is -2.13. The van der Waals surface area contributed by atoms with Gasteiger partial charge in [0, 0.05) is 11.1 Å². The molecule has 0 aliphatic carbocycles. The molecule has 0 saturated carbocycles. The summed E-state index contributed by atoms with van der Waals surface area (Å²) in [6.45, 7) is 6.51. The number of rotatable bonds is 7. The van der Waals surface area contributed by atoms with Gasteiger partial charge < -0.3 is 24.7 Å². The number of benzene rings is 2. The minimum Gasteiger partial charge on any atom is -0.493 e. The third-order valence-corrected chi connectivity index (χ3v) is 4.46. The molecule has 0 amide bonds. The zero-order valence-electron chi connectivity index (χ0n) is 16.6. The molecule has 28 heavy (non-hydrogen) atoms. The van der Waals surface area contributed by atoms with Gasteiger partial charge in [0.1, 0.15) is 5.75 Å². The third kappa shape index (κ3) is 3.91. The second-order valence-corrected chi connectivity index (χ2v) is 6.73. The van der Waals surface area contributed by atoms with Crippen LogP contribution in [0.2, 0.25) is 0 Å². The minimum atomic E-state index is -0.0821. The molecular formula is C22H25NO5. The van der Waals surface area contributed by atoms with Gasteiger partial charge in [-0.2, -0.15) is 0 Å². The maximum atomic E-state index is 13.1. The number of allylic oxidation sites excluding steroid dienone is 1. The Bertz CT molecular complexity index is 917. The molecule has 0 fully saturated rings. The lowest BCUT2D eigenvalue weighted by Crippen LogP contribution is -2.10. The third-order valence-electron chi connectivity index (χ3n) is 4.46. The van der Waals surface area contributed by atoms with Gasteiger partial charge in [-0.15, -0.1) is 0 Å². The van der Waals surface area contributed by atoms with E-state index in [2.05, 4.69) is 0 Å². The first kappa shape index (κ1) is 19.6.